The number of Topliss-reactive ketones (excluding diaryl/α,β-unsaturated/α-hetero) is 1. The summed E-state index contributed by atoms with van der Waals surface area (Å²) >= 11 is 0. The molecule has 7 nitrogen and oxygen atoms in total. The summed E-state index contributed by atoms with van der Waals surface area (Å²) < 4.78 is 59.3. The number of H-pyrrole nitrogens is 1. The third kappa shape index (κ3) is 4.84. The number of amides is 1. The van der Waals surface area contributed by atoms with E-state index in [1.807, 2.05) is 13.8 Å². The molecule has 3 aromatic rings. The minimum atomic E-state index is -2.67. The molecule has 35 heavy (non-hydrogen) atoms. The van der Waals surface area contributed by atoms with Gasteiger partial charge < -0.3 is 14.8 Å². The largest absolute Gasteiger partial charge is 0.503 e. The van der Waals surface area contributed by atoms with Crippen LogP contribution in [0.15, 0.2) is 48.0 Å². The molecule has 0 bridgehead atoms. The highest BCUT2D eigenvalue weighted by Crippen LogP contribution is 2.43. The van der Waals surface area contributed by atoms with Gasteiger partial charge in [-0.05, 0) is 37.3 Å². The van der Waals surface area contributed by atoms with Crippen molar-refractivity contribution in [2.45, 2.75) is 39.7 Å². The Kier molecular flexibility index (Phi) is 7.78. The standard InChI is InChI=1S/C22H17F4N3O4.C2H6/c1-10(30)17-20(12-3-5-15(19(26)18(12)25)33-7-6-16(23)24)29(22(32)21(17)31)11-2-4-13-14(8-11)28-9-27-13;1-2/h2-5,8-9,16,20,31H,6-7H2,1H3,(H,27,28);1-2H3. The first-order chi connectivity index (χ1) is 16.7. The highest BCUT2D eigenvalue weighted by molar-refractivity contribution is 6.16. The van der Waals surface area contributed by atoms with Crippen LogP contribution in [0.1, 0.15) is 38.8 Å². The summed E-state index contributed by atoms with van der Waals surface area (Å²) in [4.78, 5) is 33.1. The smallest absolute Gasteiger partial charge is 0.294 e. The first-order valence-corrected chi connectivity index (χ1v) is 10.8. The number of benzene rings is 2. The molecule has 1 amide bonds. The van der Waals surface area contributed by atoms with Crippen LogP contribution >= 0.6 is 0 Å². The number of ketones is 1. The maximum Gasteiger partial charge on any atom is 0.294 e. The number of aliphatic hydroxyl groups excluding tert-OH is 1. The number of alkyl halides is 2. The molecule has 11 heteroatoms. The Morgan fingerprint density at radius 3 is 2.57 bits per heavy atom. The first kappa shape index (κ1) is 25.7. The predicted molar refractivity (Wildman–Crippen MR) is 120 cm³/mol. The molecule has 1 atom stereocenters. The number of ether oxygens (including phenoxy) is 1. The highest BCUT2D eigenvalue weighted by Gasteiger charge is 2.45. The van der Waals surface area contributed by atoms with Crippen LogP contribution in [0.25, 0.3) is 11.0 Å². The minimum Gasteiger partial charge on any atom is -0.503 e. The van der Waals surface area contributed by atoms with Crippen LogP contribution in [0.2, 0.25) is 0 Å². The molecule has 0 saturated carbocycles. The third-order valence-corrected chi connectivity index (χ3v) is 5.23. The van der Waals surface area contributed by atoms with Crippen molar-refractivity contribution in [3.8, 4) is 5.75 Å². The van der Waals surface area contributed by atoms with Crippen LogP contribution in [0, 0.1) is 11.6 Å². The van der Waals surface area contributed by atoms with Crippen molar-refractivity contribution in [1.82, 2.24) is 9.97 Å². The number of nitrogens with one attached hydrogen (secondary N) is 1. The van der Waals surface area contributed by atoms with E-state index in [0.29, 0.717) is 11.0 Å². The number of halogens is 4. The topological polar surface area (TPSA) is 95.5 Å². The quantitative estimate of drug-likeness (QED) is 0.431. The average molecular weight is 493 g/mol. The van der Waals surface area contributed by atoms with Crippen molar-refractivity contribution in [2.75, 3.05) is 11.5 Å². The summed E-state index contributed by atoms with van der Waals surface area (Å²) in [5, 5.41) is 10.4. The van der Waals surface area contributed by atoms with Crippen molar-refractivity contribution < 1.29 is 37.0 Å². The number of carbonyl (C=O) groups excluding carboxylic acids is 2. The van der Waals surface area contributed by atoms with Gasteiger partial charge in [0.2, 0.25) is 12.2 Å². The zero-order chi connectivity index (χ0) is 25.9. The number of nitrogens with zero attached hydrogens (tertiary/aromatic N) is 2. The molecular formula is C24H23F4N3O4. The Bertz CT molecular complexity index is 1290. The van der Waals surface area contributed by atoms with Gasteiger partial charge in [-0.15, -0.1) is 0 Å². The molecule has 2 aromatic carbocycles. The van der Waals surface area contributed by atoms with E-state index in [-0.39, 0.29) is 5.69 Å². The lowest BCUT2D eigenvalue weighted by atomic mass is 9.95. The van der Waals surface area contributed by atoms with Crippen molar-refractivity contribution in [3.63, 3.8) is 0 Å². The van der Waals surface area contributed by atoms with E-state index in [1.54, 1.807) is 6.07 Å². The van der Waals surface area contributed by atoms with Gasteiger partial charge in [0.1, 0.15) is 0 Å². The molecule has 0 radical (unpaired) electrons. The van der Waals surface area contributed by atoms with Crippen molar-refractivity contribution >= 4 is 28.4 Å². The van der Waals surface area contributed by atoms with Gasteiger partial charge in [-0.3, -0.25) is 14.5 Å². The Hall–Kier alpha value is -3.89. The number of aromatic nitrogens is 2. The van der Waals surface area contributed by atoms with E-state index in [0.717, 1.165) is 24.0 Å². The zero-order valence-corrected chi connectivity index (χ0v) is 19.1. The van der Waals surface area contributed by atoms with Gasteiger partial charge in [0.05, 0.1) is 35.6 Å². The van der Waals surface area contributed by atoms with E-state index in [1.165, 1.54) is 18.5 Å². The van der Waals surface area contributed by atoms with Crippen LogP contribution in [-0.2, 0) is 9.59 Å². The second-order valence-corrected chi connectivity index (χ2v) is 7.31. The van der Waals surface area contributed by atoms with Crippen molar-refractivity contribution in [2.24, 2.45) is 0 Å². The molecular weight excluding hydrogens is 470 g/mol. The number of anilines is 1. The molecule has 0 spiro atoms. The van der Waals surface area contributed by atoms with E-state index >= 15 is 4.39 Å². The molecule has 1 aromatic heterocycles. The number of aromatic amines is 1. The summed E-state index contributed by atoms with van der Waals surface area (Å²) in [7, 11) is 0. The summed E-state index contributed by atoms with van der Waals surface area (Å²) in [6.45, 7) is 4.55. The van der Waals surface area contributed by atoms with Crippen LogP contribution in [0.4, 0.5) is 23.2 Å². The third-order valence-electron chi connectivity index (χ3n) is 5.23. The summed E-state index contributed by atoms with van der Waals surface area (Å²) in [6, 6.07) is 5.20. The zero-order valence-electron chi connectivity index (χ0n) is 19.1. The van der Waals surface area contributed by atoms with Gasteiger partial charge in [-0.25, -0.2) is 18.2 Å². The number of hydrogen-bond acceptors (Lipinski definition) is 5. The van der Waals surface area contributed by atoms with Gasteiger partial charge in [-0.2, -0.15) is 4.39 Å². The monoisotopic (exact) mass is 493 g/mol. The number of aliphatic hydroxyl groups is 1. The maximum absolute atomic E-state index is 15.1. The number of rotatable bonds is 7. The fraction of sp³-hybridized carbons (Fsp3) is 0.292. The van der Waals surface area contributed by atoms with Crippen molar-refractivity contribution in [3.05, 3.63) is 65.2 Å². The predicted octanol–water partition coefficient (Wildman–Crippen LogP) is 5.39. The van der Waals surface area contributed by atoms with Gasteiger partial charge >= 0.3 is 0 Å². The molecule has 4 rings (SSSR count). The van der Waals surface area contributed by atoms with Crippen LogP contribution < -0.4 is 9.64 Å². The number of hydrogen-bond donors (Lipinski definition) is 2. The minimum absolute atomic E-state index is 0.196. The maximum atomic E-state index is 15.1. The Balaban J connectivity index is 0.00000167. The normalized spacial score (nSPS) is 15.6. The van der Waals surface area contributed by atoms with Gasteiger partial charge in [0.25, 0.3) is 5.91 Å². The molecule has 186 valence electrons. The Morgan fingerprint density at radius 2 is 1.91 bits per heavy atom. The van der Waals surface area contributed by atoms with E-state index in [4.69, 9.17) is 4.74 Å². The highest BCUT2D eigenvalue weighted by atomic mass is 19.3. The second-order valence-electron chi connectivity index (χ2n) is 7.31. The Labute approximate surface area is 198 Å². The van der Waals surface area contributed by atoms with Gasteiger partial charge in [0, 0.05) is 17.7 Å². The SMILES string of the molecule is CC.CC(=O)C1=C(O)C(=O)N(c2ccc3nc[nH]c3c2)C1c1ccc(OCCC(F)F)c(F)c1F. The summed E-state index contributed by atoms with van der Waals surface area (Å²) in [6.07, 6.45) is -1.92. The molecule has 1 aliphatic heterocycles. The van der Waals surface area contributed by atoms with Gasteiger partial charge in [-0.1, -0.05) is 13.8 Å². The fourth-order valence-corrected chi connectivity index (χ4v) is 3.73. The van der Waals surface area contributed by atoms with Gasteiger partial charge in [0.15, 0.2) is 23.1 Å². The van der Waals surface area contributed by atoms with E-state index in [2.05, 4.69) is 9.97 Å². The van der Waals surface area contributed by atoms with Crippen LogP contribution in [0.5, 0.6) is 5.75 Å². The summed E-state index contributed by atoms with van der Waals surface area (Å²) in [5.41, 5.74) is 0.481. The molecule has 2 heterocycles. The lowest BCUT2D eigenvalue weighted by Gasteiger charge is -2.27. The van der Waals surface area contributed by atoms with E-state index in [9.17, 15) is 27.9 Å². The lowest BCUT2D eigenvalue weighted by Crippen LogP contribution is -2.31. The lowest BCUT2D eigenvalue weighted by molar-refractivity contribution is -0.117. The molecule has 2 N–H and O–H groups in total. The molecule has 0 fully saturated rings. The van der Waals surface area contributed by atoms with Crippen LogP contribution in [-0.4, -0.2) is 39.8 Å². The number of carbonyl (C=O) groups is 2. The van der Waals surface area contributed by atoms with Crippen LogP contribution in [0.3, 0.4) is 0 Å². The Morgan fingerprint density at radius 1 is 1.20 bits per heavy atom. The molecule has 1 aliphatic rings. The first-order valence-electron chi connectivity index (χ1n) is 10.8. The fourth-order valence-electron chi connectivity index (χ4n) is 3.73. The van der Waals surface area contributed by atoms with Crippen molar-refractivity contribution in [1.29, 1.82) is 0 Å². The second kappa shape index (κ2) is 10.6. The molecule has 0 aliphatic carbocycles. The summed E-state index contributed by atoms with van der Waals surface area (Å²) in [5.74, 6) is -6.07. The van der Waals surface area contributed by atoms with E-state index < -0.39 is 71.5 Å². The molecule has 1 unspecified atom stereocenters. The number of fused-ring (bicyclic) bond motifs is 1. The molecule has 0 saturated heterocycles. The average Bonchev–Trinajstić information content (AvgIpc) is 3.40. The number of imidazole rings is 1.